The van der Waals surface area contributed by atoms with E-state index in [2.05, 4.69) is 28.6 Å². The SMILES string of the molecule is CCc1ccccc1Nc1cc(C(=O)NCCc2cccc(OC)c2)ccn1. The fraction of sp³-hybridized carbons (Fsp3) is 0.217. The molecule has 5 nitrogen and oxygen atoms in total. The molecule has 0 saturated heterocycles. The second-order valence-electron chi connectivity index (χ2n) is 6.42. The number of nitrogens with one attached hydrogen (secondary N) is 2. The third-order valence-corrected chi connectivity index (χ3v) is 4.52. The van der Waals surface area contributed by atoms with E-state index in [1.165, 1.54) is 5.56 Å². The Bertz CT molecular complexity index is 940. The molecule has 0 spiro atoms. The van der Waals surface area contributed by atoms with Gasteiger partial charge in [-0.3, -0.25) is 4.79 Å². The Balaban J connectivity index is 1.60. The quantitative estimate of drug-likeness (QED) is 0.614. The van der Waals surface area contributed by atoms with E-state index in [0.717, 1.165) is 29.8 Å². The number of aryl methyl sites for hydroxylation is 1. The van der Waals surface area contributed by atoms with Crippen molar-refractivity contribution >= 4 is 17.4 Å². The number of hydrogen-bond acceptors (Lipinski definition) is 4. The number of nitrogens with zero attached hydrogens (tertiary/aromatic N) is 1. The van der Waals surface area contributed by atoms with Crippen LogP contribution in [0.1, 0.15) is 28.4 Å². The molecule has 0 aliphatic rings. The van der Waals surface area contributed by atoms with Crippen LogP contribution >= 0.6 is 0 Å². The number of amides is 1. The summed E-state index contributed by atoms with van der Waals surface area (Å²) in [5.41, 5.74) is 3.91. The lowest BCUT2D eigenvalue weighted by Gasteiger charge is -2.11. The minimum absolute atomic E-state index is 0.114. The zero-order valence-corrected chi connectivity index (χ0v) is 16.2. The average Bonchev–Trinajstić information content (AvgIpc) is 2.74. The molecule has 0 aliphatic heterocycles. The maximum Gasteiger partial charge on any atom is 0.251 e. The summed E-state index contributed by atoms with van der Waals surface area (Å²) in [5, 5.41) is 6.27. The maximum absolute atomic E-state index is 12.5. The van der Waals surface area contributed by atoms with Gasteiger partial charge in [0.15, 0.2) is 0 Å². The summed E-state index contributed by atoms with van der Waals surface area (Å²) in [6.45, 7) is 2.66. The molecular formula is C23H25N3O2. The summed E-state index contributed by atoms with van der Waals surface area (Å²) in [5.74, 6) is 1.36. The van der Waals surface area contributed by atoms with Crippen LogP contribution in [0.25, 0.3) is 0 Å². The smallest absolute Gasteiger partial charge is 0.251 e. The van der Waals surface area contributed by atoms with E-state index in [0.29, 0.717) is 17.9 Å². The zero-order chi connectivity index (χ0) is 19.8. The Kier molecular flexibility index (Phi) is 6.63. The van der Waals surface area contributed by atoms with Gasteiger partial charge in [-0.2, -0.15) is 0 Å². The lowest BCUT2D eigenvalue weighted by Crippen LogP contribution is -2.25. The van der Waals surface area contributed by atoms with Crippen molar-refractivity contribution in [2.75, 3.05) is 19.0 Å². The number of aromatic nitrogens is 1. The molecule has 2 N–H and O–H groups in total. The van der Waals surface area contributed by atoms with Crippen molar-refractivity contribution in [3.05, 3.63) is 83.6 Å². The molecule has 0 unspecified atom stereocenters. The molecule has 0 fully saturated rings. The van der Waals surface area contributed by atoms with E-state index in [-0.39, 0.29) is 5.91 Å². The third-order valence-electron chi connectivity index (χ3n) is 4.52. The van der Waals surface area contributed by atoms with Crippen molar-refractivity contribution < 1.29 is 9.53 Å². The number of benzene rings is 2. The monoisotopic (exact) mass is 375 g/mol. The standard InChI is InChI=1S/C23H25N3O2/c1-3-18-8-4-5-10-21(18)26-22-16-19(12-14-24-22)23(27)25-13-11-17-7-6-9-20(15-17)28-2/h4-10,12,14-16H,3,11,13H2,1-2H3,(H,24,26)(H,25,27). The van der Waals surface area contributed by atoms with Crippen LogP contribution < -0.4 is 15.4 Å². The number of methoxy groups -OCH3 is 1. The van der Waals surface area contributed by atoms with Crippen molar-refractivity contribution in [2.24, 2.45) is 0 Å². The second-order valence-corrected chi connectivity index (χ2v) is 6.42. The van der Waals surface area contributed by atoms with E-state index < -0.39 is 0 Å². The van der Waals surface area contributed by atoms with Gasteiger partial charge in [-0.15, -0.1) is 0 Å². The molecular weight excluding hydrogens is 350 g/mol. The summed E-state index contributed by atoms with van der Waals surface area (Å²) in [6, 6.07) is 19.4. The molecule has 5 heteroatoms. The fourth-order valence-electron chi connectivity index (χ4n) is 2.98. The first-order valence-electron chi connectivity index (χ1n) is 9.41. The number of rotatable bonds is 8. The number of anilines is 2. The first kappa shape index (κ1) is 19.4. The molecule has 144 valence electrons. The normalized spacial score (nSPS) is 10.4. The van der Waals surface area contributed by atoms with Crippen LogP contribution in [0.5, 0.6) is 5.75 Å². The molecule has 3 aromatic rings. The molecule has 0 radical (unpaired) electrons. The first-order valence-corrected chi connectivity index (χ1v) is 9.41. The van der Waals surface area contributed by atoms with Crippen LogP contribution in [0, 0.1) is 0 Å². The minimum Gasteiger partial charge on any atom is -0.497 e. The Labute approximate surface area is 165 Å². The van der Waals surface area contributed by atoms with Crippen LogP contribution in [-0.2, 0) is 12.8 Å². The minimum atomic E-state index is -0.114. The van der Waals surface area contributed by atoms with Gasteiger partial charge in [0.1, 0.15) is 11.6 Å². The van der Waals surface area contributed by atoms with Crippen LogP contribution in [0.3, 0.4) is 0 Å². The van der Waals surface area contributed by atoms with E-state index >= 15 is 0 Å². The molecule has 0 atom stereocenters. The van der Waals surface area contributed by atoms with Gasteiger partial charge >= 0.3 is 0 Å². The highest BCUT2D eigenvalue weighted by Crippen LogP contribution is 2.20. The largest absolute Gasteiger partial charge is 0.497 e. The maximum atomic E-state index is 12.5. The van der Waals surface area contributed by atoms with Crippen LogP contribution in [-0.4, -0.2) is 24.5 Å². The van der Waals surface area contributed by atoms with Gasteiger partial charge in [0.05, 0.1) is 7.11 Å². The molecule has 0 aliphatic carbocycles. The number of pyridine rings is 1. The lowest BCUT2D eigenvalue weighted by molar-refractivity contribution is 0.0954. The Morgan fingerprint density at radius 2 is 1.93 bits per heavy atom. The predicted octanol–water partition coefficient (Wildman–Crippen LogP) is 4.37. The summed E-state index contributed by atoms with van der Waals surface area (Å²) in [4.78, 5) is 16.8. The molecule has 28 heavy (non-hydrogen) atoms. The number of carbonyl (C=O) groups is 1. The number of hydrogen-bond donors (Lipinski definition) is 2. The Hall–Kier alpha value is -3.34. The molecule has 1 amide bonds. The third kappa shape index (κ3) is 5.10. The molecule has 3 rings (SSSR count). The van der Waals surface area contributed by atoms with Gasteiger partial charge < -0.3 is 15.4 Å². The van der Waals surface area contributed by atoms with Gasteiger partial charge in [0, 0.05) is 24.0 Å². The molecule has 1 heterocycles. The summed E-state index contributed by atoms with van der Waals surface area (Å²) < 4.78 is 5.23. The van der Waals surface area contributed by atoms with E-state index in [1.54, 1.807) is 25.4 Å². The zero-order valence-electron chi connectivity index (χ0n) is 16.2. The molecule has 0 bridgehead atoms. The van der Waals surface area contributed by atoms with E-state index in [4.69, 9.17) is 4.74 Å². The van der Waals surface area contributed by atoms with Crippen LogP contribution in [0.15, 0.2) is 66.9 Å². The van der Waals surface area contributed by atoms with Crippen molar-refractivity contribution in [2.45, 2.75) is 19.8 Å². The Morgan fingerprint density at radius 1 is 1.07 bits per heavy atom. The summed E-state index contributed by atoms with van der Waals surface area (Å²) >= 11 is 0. The highest BCUT2D eigenvalue weighted by Gasteiger charge is 2.08. The average molecular weight is 375 g/mol. The van der Waals surface area contributed by atoms with Gasteiger partial charge in [-0.25, -0.2) is 4.98 Å². The molecule has 0 saturated carbocycles. The van der Waals surface area contributed by atoms with E-state index in [1.807, 2.05) is 42.5 Å². The number of para-hydroxylation sites is 1. The van der Waals surface area contributed by atoms with Crippen LogP contribution in [0.4, 0.5) is 11.5 Å². The summed E-state index contributed by atoms with van der Waals surface area (Å²) in [6.07, 6.45) is 3.31. The lowest BCUT2D eigenvalue weighted by atomic mass is 10.1. The molecule has 2 aromatic carbocycles. The summed E-state index contributed by atoms with van der Waals surface area (Å²) in [7, 11) is 1.65. The first-order chi connectivity index (χ1) is 13.7. The highest BCUT2D eigenvalue weighted by molar-refractivity contribution is 5.94. The van der Waals surface area contributed by atoms with Crippen molar-refractivity contribution in [3.8, 4) is 5.75 Å². The molecule has 1 aromatic heterocycles. The second kappa shape index (κ2) is 9.55. The topological polar surface area (TPSA) is 63.2 Å². The predicted molar refractivity (Wildman–Crippen MR) is 112 cm³/mol. The van der Waals surface area contributed by atoms with Gasteiger partial charge in [-0.05, 0) is 54.3 Å². The highest BCUT2D eigenvalue weighted by atomic mass is 16.5. The number of ether oxygens (including phenoxy) is 1. The van der Waals surface area contributed by atoms with E-state index in [9.17, 15) is 4.79 Å². The van der Waals surface area contributed by atoms with Crippen LogP contribution in [0.2, 0.25) is 0 Å². The fourth-order valence-corrected chi connectivity index (χ4v) is 2.98. The van der Waals surface area contributed by atoms with Gasteiger partial charge in [0.25, 0.3) is 5.91 Å². The van der Waals surface area contributed by atoms with Gasteiger partial charge in [-0.1, -0.05) is 37.3 Å². The Morgan fingerprint density at radius 3 is 2.75 bits per heavy atom. The number of carbonyl (C=O) groups excluding carboxylic acids is 1. The van der Waals surface area contributed by atoms with Crippen molar-refractivity contribution in [3.63, 3.8) is 0 Å². The van der Waals surface area contributed by atoms with Crippen molar-refractivity contribution in [1.82, 2.24) is 10.3 Å². The van der Waals surface area contributed by atoms with Crippen molar-refractivity contribution in [1.29, 1.82) is 0 Å². The van der Waals surface area contributed by atoms with Gasteiger partial charge in [0.2, 0.25) is 0 Å².